The van der Waals surface area contributed by atoms with Crippen LogP contribution in [0.3, 0.4) is 0 Å². The van der Waals surface area contributed by atoms with Crippen molar-refractivity contribution in [3.8, 4) is 0 Å². The Kier molecular flexibility index (Phi) is 2.95. The zero-order valence-electron chi connectivity index (χ0n) is 9.23. The summed E-state index contributed by atoms with van der Waals surface area (Å²) in [5, 5.41) is 0. The predicted molar refractivity (Wildman–Crippen MR) is 65.5 cm³/mol. The van der Waals surface area contributed by atoms with Gasteiger partial charge in [0.2, 0.25) is 5.96 Å². The van der Waals surface area contributed by atoms with Crippen molar-refractivity contribution in [2.24, 2.45) is 27.2 Å². The molecule has 1 aliphatic rings. The molecule has 1 aliphatic carbocycles. The molecule has 0 spiro atoms. The van der Waals surface area contributed by atoms with Crippen LogP contribution in [0.2, 0.25) is 0 Å². The van der Waals surface area contributed by atoms with Crippen LogP contribution < -0.4 is 17.2 Å². The van der Waals surface area contributed by atoms with E-state index in [0.29, 0.717) is 17.2 Å². The monoisotopic (exact) mass is 235 g/mol. The van der Waals surface area contributed by atoms with Gasteiger partial charge in [0.05, 0.1) is 5.69 Å². The number of benzene rings is 1. The Labute approximate surface area is 98.2 Å². The largest absolute Gasteiger partial charge is 0.370 e. The molecule has 1 fully saturated rings. The van der Waals surface area contributed by atoms with Gasteiger partial charge in [-0.15, -0.1) is 0 Å². The molecule has 0 radical (unpaired) electrons. The van der Waals surface area contributed by atoms with Gasteiger partial charge in [-0.3, -0.25) is 0 Å². The molecule has 17 heavy (non-hydrogen) atoms. The minimum Gasteiger partial charge on any atom is -0.370 e. The molecule has 5 nitrogen and oxygen atoms in total. The lowest BCUT2D eigenvalue weighted by atomic mass is 10.1. The lowest BCUT2D eigenvalue weighted by Crippen LogP contribution is -2.26. The lowest BCUT2D eigenvalue weighted by Gasteiger charge is -2.02. The van der Waals surface area contributed by atoms with E-state index in [2.05, 4.69) is 9.98 Å². The van der Waals surface area contributed by atoms with Crippen LogP contribution in [0.15, 0.2) is 28.2 Å². The van der Waals surface area contributed by atoms with Crippen LogP contribution in [-0.2, 0) is 0 Å². The van der Waals surface area contributed by atoms with Crippen LogP contribution in [-0.4, -0.2) is 11.9 Å². The fourth-order valence-electron chi connectivity index (χ4n) is 1.60. The van der Waals surface area contributed by atoms with Crippen molar-refractivity contribution in [2.75, 3.05) is 0 Å². The number of halogens is 1. The van der Waals surface area contributed by atoms with Gasteiger partial charge in [-0.1, -0.05) is 0 Å². The summed E-state index contributed by atoms with van der Waals surface area (Å²) in [7, 11) is 0. The zero-order valence-corrected chi connectivity index (χ0v) is 9.23. The number of aliphatic imine (C=N–C) groups is 2. The molecule has 0 amide bonds. The van der Waals surface area contributed by atoms with Gasteiger partial charge in [-0.05, 0) is 42.5 Å². The molecule has 1 aromatic rings. The smallest absolute Gasteiger partial charge is 0.223 e. The number of rotatable bonds is 2. The van der Waals surface area contributed by atoms with Gasteiger partial charge in [0, 0.05) is 0 Å². The van der Waals surface area contributed by atoms with Gasteiger partial charge in [-0.2, -0.15) is 4.99 Å². The van der Waals surface area contributed by atoms with Crippen LogP contribution in [0, 0.1) is 5.82 Å². The molecule has 0 atom stereocenters. The van der Waals surface area contributed by atoms with Crippen LogP contribution >= 0.6 is 0 Å². The fourth-order valence-corrected chi connectivity index (χ4v) is 1.60. The molecule has 1 aromatic carbocycles. The Bertz CT molecular complexity index is 487. The third kappa shape index (κ3) is 2.93. The summed E-state index contributed by atoms with van der Waals surface area (Å²) in [5.74, 6) is -0.0875. The topological polar surface area (TPSA) is 103 Å². The Balaban J connectivity index is 2.27. The lowest BCUT2D eigenvalue weighted by molar-refractivity contribution is 0.611. The summed E-state index contributed by atoms with van der Waals surface area (Å²) >= 11 is 0. The molecule has 0 bridgehead atoms. The quantitative estimate of drug-likeness (QED) is 0.524. The summed E-state index contributed by atoms with van der Waals surface area (Å²) in [4.78, 5) is 7.58. The Morgan fingerprint density at radius 3 is 2.53 bits per heavy atom. The molecule has 2 rings (SSSR count). The number of hydrogen-bond donors (Lipinski definition) is 3. The first kappa shape index (κ1) is 11.4. The van der Waals surface area contributed by atoms with Gasteiger partial charge in [0.15, 0.2) is 5.96 Å². The van der Waals surface area contributed by atoms with E-state index in [1.54, 1.807) is 6.07 Å². The van der Waals surface area contributed by atoms with Gasteiger partial charge in [-0.25, -0.2) is 9.38 Å². The maximum absolute atomic E-state index is 13.5. The van der Waals surface area contributed by atoms with E-state index in [1.807, 2.05) is 0 Å². The van der Waals surface area contributed by atoms with Crippen molar-refractivity contribution < 1.29 is 4.39 Å². The maximum atomic E-state index is 13.5. The second-order valence-electron chi connectivity index (χ2n) is 3.99. The molecular weight excluding hydrogens is 221 g/mol. The first-order valence-electron chi connectivity index (χ1n) is 5.29. The van der Waals surface area contributed by atoms with Crippen molar-refractivity contribution in [1.29, 1.82) is 0 Å². The summed E-state index contributed by atoms with van der Waals surface area (Å²) in [6.45, 7) is 0. The molecule has 0 aromatic heterocycles. The number of nitrogens with two attached hydrogens (primary N) is 3. The molecule has 0 unspecified atom stereocenters. The van der Waals surface area contributed by atoms with Crippen molar-refractivity contribution in [3.05, 3.63) is 29.6 Å². The van der Waals surface area contributed by atoms with E-state index in [1.165, 1.54) is 12.1 Å². The van der Waals surface area contributed by atoms with E-state index in [-0.39, 0.29) is 17.7 Å². The van der Waals surface area contributed by atoms with E-state index < -0.39 is 0 Å². The predicted octanol–water partition coefficient (Wildman–Crippen LogP) is 0.923. The minimum atomic E-state index is -0.202. The summed E-state index contributed by atoms with van der Waals surface area (Å²) in [6, 6.07) is 4.60. The van der Waals surface area contributed by atoms with E-state index >= 15 is 0 Å². The highest BCUT2D eigenvalue weighted by Gasteiger charge is 2.26. The molecule has 0 heterocycles. The Morgan fingerprint density at radius 1 is 1.24 bits per heavy atom. The standard InChI is InChI=1S/C11H14FN5/c12-9-4-3-7(5-8(9)6-1-2-6)16-11(15)17-10(13)14/h3-6H,1-2H2,(H6,13,14,15,16,17). The summed E-state index contributed by atoms with van der Waals surface area (Å²) < 4.78 is 13.5. The van der Waals surface area contributed by atoms with Crippen molar-refractivity contribution in [2.45, 2.75) is 18.8 Å². The highest BCUT2D eigenvalue weighted by molar-refractivity contribution is 5.93. The average molecular weight is 235 g/mol. The van der Waals surface area contributed by atoms with E-state index in [0.717, 1.165) is 12.8 Å². The van der Waals surface area contributed by atoms with Crippen molar-refractivity contribution >= 4 is 17.6 Å². The first-order valence-corrected chi connectivity index (χ1v) is 5.29. The molecular formula is C11H14FN5. The van der Waals surface area contributed by atoms with Gasteiger partial charge in [0.1, 0.15) is 5.82 Å². The summed E-state index contributed by atoms with van der Waals surface area (Å²) in [6.07, 6.45) is 2.04. The maximum Gasteiger partial charge on any atom is 0.223 e. The van der Waals surface area contributed by atoms with Gasteiger partial charge in [0.25, 0.3) is 0 Å². The van der Waals surface area contributed by atoms with Gasteiger partial charge < -0.3 is 17.2 Å². The van der Waals surface area contributed by atoms with Crippen LogP contribution in [0.5, 0.6) is 0 Å². The third-order valence-corrected chi connectivity index (χ3v) is 2.48. The molecule has 0 aliphatic heterocycles. The molecule has 6 heteroatoms. The third-order valence-electron chi connectivity index (χ3n) is 2.48. The SMILES string of the molecule is NC(N)=NC(N)=Nc1ccc(F)c(C2CC2)c1. The molecule has 90 valence electrons. The molecule has 6 N–H and O–H groups in total. The van der Waals surface area contributed by atoms with Gasteiger partial charge >= 0.3 is 0 Å². The highest BCUT2D eigenvalue weighted by Crippen LogP contribution is 2.42. The fraction of sp³-hybridized carbons (Fsp3) is 0.273. The van der Waals surface area contributed by atoms with E-state index in [4.69, 9.17) is 17.2 Å². The normalized spacial score (nSPS) is 15.7. The van der Waals surface area contributed by atoms with Crippen LogP contribution in [0.1, 0.15) is 24.3 Å². The molecule has 0 saturated heterocycles. The second kappa shape index (κ2) is 4.40. The summed E-state index contributed by atoms with van der Waals surface area (Å²) in [5.41, 5.74) is 17.1. The zero-order chi connectivity index (χ0) is 12.4. The first-order chi connectivity index (χ1) is 8.06. The average Bonchev–Trinajstić information content (AvgIpc) is 3.03. The minimum absolute atomic E-state index is 0.0432. The highest BCUT2D eigenvalue weighted by atomic mass is 19.1. The van der Waals surface area contributed by atoms with Crippen LogP contribution in [0.25, 0.3) is 0 Å². The molecule has 1 saturated carbocycles. The van der Waals surface area contributed by atoms with Crippen molar-refractivity contribution in [3.63, 3.8) is 0 Å². The second-order valence-corrected chi connectivity index (χ2v) is 3.99. The van der Waals surface area contributed by atoms with Crippen molar-refractivity contribution in [1.82, 2.24) is 0 Å². The number of hydrogen-bond acceptors (Lipinski definition) is 1. The number of guanidine groups is 2. The van der Waals surface area contributed by atoms with Crippen LogP contribution in [0.4, 0.5) is 10.1 Å². The van der Waals surface area contributed by atoms with E-state index in [9.17, 15) is 4.39 Å². The Hall–Kier alpha value is -2.11. The Morgan fingerprint density at radius 2 is 1.94 bits per heavy atom. The number of nitrogens with zero attached hydrogens (tertiary/aromatic N) is 2.